The summed E-state index contributed by atoms with van der Waals surface area (Å²) in [4.78, 5) is 13.5. The van der Waals surface area contributed by atoms with Crippen molar-refractivity contribution in [1.29, 1.82) is 0 Å². The van der Waals surface area contributed by atoms with Gasteiger partial charge in [-0.05, 0) is 43.9 Å². The summed E-state index contributed by atoms with van der Waals surface area (Å²) in [6.45, 7) is 2.21. The minimum atomic E-state index is -3.53. The van der Waals surface area contributed by atoms with E-state index in [0.717, 1.165) is 23.7 Å². The predicted octanol–water partition coefficient (Wildman–Crippen LogP) is 1.80. The summed E-state index contributed by atoms with van der Waals surface area (Å²) in [5.41, 5.74) is 0.444. The van der Waals surface area contributed by atoms with Crippen LogP contribution in [0.25, 0.3) is 0 Å². The topological polar surface area (TPSA) is 70.2 Å². The van der Waals surface area contributed by atoms with Gasteiger partial charge in [0.1, 0.15) is 0 Å². The first-order valence-corrected chi connectivity index (χ1v) is 9.29. The molecule has 0 radical (unpaired) electrons. The molecule has 3 atom stereocenters. The van der Waals surface area contributed by atoms with Gasteiger partial charge in [0.15, 0.2) is 4.21 Å². The third-order valence-electron chi connectivity index (χ3n) is 4.80. The molecule has 2 bridgehead atoms. The fraction of sp³-hybridized carbons (Fsp3) is 0.769. The lowest BCUT2D eigenvalue weighted by molar-refractivity contribution is 0.280. The molecule has 1 aromatic rings. The van der Waals surface area contributed by atoms with Crippen LogP contribution in [0.15, 0.2) is 9.00 Å². The maximum absolute atomic E-state index is 12.5. The Morgan fingerprint density at radius 3 is 2.60 bits per heavy atom. The number of hydrogen-bond donors (Lipinski definition) is 1. The van der Waals surface area contributed by atoms with Gasteiger partial charge in [0.25, 0.3) is 10.0 Å². The van der Waals surface area contributed by atoms with E-state index < -0.39 is 10.0 Å². The second-order valence-electron chi connectivity index (χ2n) is 6.15. The SMILES string of the molecule is Cc1[nH]c(=O)sc1S(=O)(=O)N(C)CC1CC2CCC1C2. The lowest BCUT2D eigenvalue weighted by Gasteiger charge is -2.26. The molecule has 0 aromatic carbocycles. The van der Waals surface area contributed by atoms with Crippen LogP contribution in [0.1, 0.15) is 31.4 Å². The summed E-state index contributed by atoms with van der Waals surface area (Å²) in [6.07, 6.45) is 5.00. The molecule has 112 valence electrons. The van der Waals surface area contributed by atoms with Crippen molar-refractivity contribution in [2.45, 2.75) is 36.8 Å². The van der Waals surface area contributed by atoms with Crippen LogP contribution >= 0.6 is 11.3 Å². The summed E-state index contributed by atoms with van der Waals surface area (Å²) in [5.74, 6) is 2.00. The Morgan fingerprint density at radius 2 is 2.10 bits per heavy atom. The predicted molar refractivity (Wildman–Crippen MR) is 78.4 cm³/mol. The van der Waals surface area contributed by atoms with E-state index >= 15 is 0 Å². The second-order valence-corrected chi connectivity index (χ2v) is 9.37. The summed E-state index contributed by atoms with van der Waals surface area (Å²) < 4.78 is 26.7. The molecule has 2 fully saturated rings. The number of hydrogen-bond acceptors (Lipinski definition) is 4. The lowest BCUT2D eigenvalue weighted by Crippen LogP contribution is -2.33. The summed E-state index contributed by atoms with van der Waals surface area (Å²) in [6, 6.07) is 0. The van der Waals surface area contributed by atoms with E-state index in [0.29, 0.717) is 24.1 Å². The van der Waals surface area contributed by atoms with E-state index in [1.54, 1.807) is 14.0 Å². The van der Waals surface area contributed by atoms with Crippen LogP contribution in [0.3, 0.4) is 0 Å². The highest BCUT2D eigenvalue weighted by atomic mass is 32.2. The third kappa shape index (κ3) is 2.35. The fourth-order valence-electron chi connectivity index (χ4n) is 3.81. The maximum atomic E-state index is 12.5. The normalized spacial score (nSPS) is 29.4. The molecule has 0 aliphatic heterocycles. The van der Waals surface area contributed by atoms with Gasteiger partial charge < -0.3 is 4.98 Å². The van der Waals surface area contributed by atoms with Crippen molar-refractivity contribution in [1.82, 2.24) is 9.29 Å². The molecule has 1 aromatic heterocycles. The molecule has 1 N–H and O–H groups in total. The van der Waals surface area contributed by atoms with Gasteiger partial charge in [0.05, 0.1) is 0 Å². The van der Waals surface area contributed by atoms with Crippen molar-refractivity contribution in [3.8, 4) is 0 Å². The number of rotatable bonds is 4. The molecule has 0 spiro atoms. The molecular formula is C13H20N2O3S2. The average Bonchev–Trinajstić information content (AvgIpc) is 3.04. The van der Waals surface area contributed by atoms with E-state index in [9.17, 15) is 13.2 Å². The molecule has 20 heavy (non-hydrogen) atoms. The first-order chi connectivity index (χ1) is 9.38. The fourth-order valence-corrected chi connectivity index (χ4v) is 6.52. The molecule has 2 aliphatic rings. The van der Waals surface area contributed by atoms with Gasteiger partial charge in [-0.15, -0.1) is 0 Å². The quantitative estimate of drug-likeness (QED) is 0.921. The number of thiazole rings is 1. The van der Waals surface area contributed by atoms with Crippen LogP contribution < -0.4 is 4.87 Å². The number of nitrogens with one attached hydrogen (secondary N) is 1. The van der Waals surface area contributed by atoms with Crippen LogP contribution in [0.2, 0.25) is 0 Å². The Hall–Kier alpha value is -0.660. The van der Waals surface area contributed by atoms with Gasteiger partial charge in [-0.2, -0.15) is 4.31 Å². The monoisotopic (exact) mass is 316 g/mol. The number of sulfonamides is 1. The van der Waals surface area contributed by atoms with Crippen molar-refractivity contribution < 1.29 is 8.42 Å². The first kappa shape index (κ1) is 14.3. The highest BCUT2D eigenvalue weighted by molar-refractivity contribution is 7.91. The number of fused-ring (bicyclic) bond motifs is 2. The Balaban J connectivity index is 1.77. The minimum Gasteiger partial charge on any atom is -0.315 e. The van der Waals surface area contributed by atoms with Crippen molar-refractivity contribution in [3.05, 3.63) is 15.4 Å². The maximum Gasteiger partial charge on any atom is 0.305 e. The van der Waals surface area contributed by atoms with Gasteiger partial charge in [-0.1, -0.05) is 17.8 Å². The van der Waals surface area contributed by atoms with Gasteiger partial charge in [-0.3, -0.25) is 4.79 Å². The molecule has 1 heterocycles. The standard InChI is InChI=1S/C13H20N2O3S2/c1-8-12(19-13(16)14-8)20(17,18)15(2)7-11-6-9-3-4-10(11)5-9/h9-11H,3-7H2,1-2H3,(H,14,16). The number of nitrogens with zero attached hydrogens (tertiary/aromatic N) is 1. The molecule has 0 amide bonds. The second kappa shape index (κ2) is 4.96. The first-order valence-electron chi connectivity index (χ1n) is 7.04. The molecule has 0 saturated heterocycles. The van der Waals surface area contributed by atoms with E-state index in [2.05, 4.69) is 4.98 Å². The summed E-state index contributed by atoms with van der Waals surface area (Å²) in [7, 11) is -1.90. The highest BCUT2D eigenvalue weighted by Crippen LogP contribution is 2.48. The van der Waals surface area contributed by atoms with Crippen LogP contribution in [0.5, 0.6) is 0 Å². The Kier molecular flexibility index (Phi) is 3.54. The molecule has 3 unspecified atom stereocenters. The molecule has 3 rings (SSSR count). The molecule has 7 heteroatoms. The Bertz CT molecular complexity index is 661. The zero-order valence-corrected chi connectivity index (χ0v) is 13.4. The van der Waals surface area contributed by atoms with Crippen molar-refractivity contribution in [2.75, 3.05) is 13.6 Å². The van der Waals surface area contributed by atoms with Crippen LogP contribution in [0, 0.1) is 24.7 Å². The number of aryl methyl sites for hydroxylation is 1. The van der Waals surface area contributed by atoms with Gasteiger partial charge >= 0.3 is 4.87 Å². The largest absolute Gasteiger partial charge is 0.315 e. The molecule has 5 nitrogen and oxygen atoms in total. The summed E-state index contributed by atoms with van der Waals surface area (Å²) in [5, 5.41) is 0. The molecule has 2 aliphatic carbocycles. The van der Waals surface area contributed by atoms with Gasteiger partial charge in [-0.25, -0.2) is 8.42 Å². The summed E-state index contributed by atoms with van der Waals surface area (Å²) >= 11 is 0.782. The van der Waals surface area contributed by atoms with Gasteiger partial charge in [0.2, 0.25) is 0 Å². The smallest absolute Gasteiger partial charge is 0.305 e. The number of H-pyrrole nitrogens is 1. The van der Waals surface area contributed by atoms with Crippen molar-refractivity contribution in [3.63, 3.8) is 0 Å². The van der Waals surface area contributed by atoms with Crippen LogP contribution in [-0.4, -0.2) is 31.3 Å². The van der Waals surface area contributed by atoms with E-state index in [1.165, 1.54) is 23.6 Å². The van der Waals surface area contributed by atoms with Crippen molar-refractivity contribution >= 4 is 21.4 Å². The number of aromatic amines is 1. The van der Waals surface area contributed by atoms with E-state index in [4.69, 9.17) is 0 Å². The van der Waals surface area contributed by atoms with Crippen molar-refractivity contribution in [2.24, 2.45) is 17.8 Å². The zero-order chi connectivity index (χ0) is 14.5. The Labute approximate surface area is 123 Å². The lowest BCUT2D eigenvalue weighted by atomic mass is 9.89. The highest BCUT2D eigenvalue weighted by Gasteiger charge is 2.41. The zero-order valence-electron chi connectivity index (χ0n) is 11.8. The third-order valence-corrected chi connectivity index (χ3v) is 8.21. The average molecular weight is 316 g/mol. The minimum absolute atomic E-state index is 0.160. The molecule has 2 saturated carbocycles. The van der Waals surface area contributed by atoms with E-state index in [-0.39, 0.29) is 9.08 Å². The Morgan fingerprint density at radius 1 is 1.35 bits per heavy atom. The van der Waals surface area contributed by atoms with Crippen LogP contribution in [0.4, 0.5) is 0 Å². The van der Waals surface area contributed by atoms with Crippen LogP contribution in [-0.2, 0) is 10.0 Å². The number of aromatic nitrogens is 1. The molecular weight excluding hydrogens is 296 g/mol. The van der Waals surface area contributed by atoms with Gasteiger partial charge in [0, 0.05) is 19.3 Å². The van der Waals surface area contributed by atoms with E-state index in [1.807, 2.05) is 0 Å².